The zero-order valence-corrected chi connectivity index (χ0v) is 18.8. The number of urea groups is 1. The number of aromatic nitrogens is 4. The maximum absolute atomic E-state index is 12.7. The van der Waals surface area contributed by atoms with Gasteiger partial charge in [-0.05, 0) is 42.8 Å². The van der Waals surface area contributed by atoms with Crippen LogP contribution in [0.25, 0.3) is 0 Å². The SMILES string of the molecule is COc1ccc(C2CN(Cc3ncn(C)n3)CCC2NC(=O)Nc2ccc(Cl)cc2)nc1. The van der Waals surface area contributed by atoms with E-state index in [0.717, 1.165) is 31.0 Å². The van der Waals surface area contributed by atoms with Crippen molar-refractivity contribution < 1.29 is 9.53 Å². The van der Waals surface area contributed by atoms with Gasteiger partial charge in [-0.15, -0.1) is 0 Å². The first kappa shape index (κ1) is 22.0. The van der Waals surface area contributed by atoms with Gasteiger partial charge in [-0.3, -0.25) is 14.6 Å². The van der Waals surface area contributed by atoms with Gasteiger partial charge in [0, 0.05) is 48.5 Å². The average molecular weight is 456 g/mol. The maximum Gasteiger partial charge on any atom is 0.319 e. The Bertz CT molecular complexity index is 1040. The molecule has 1 aliphatic heterocycles. The van der Waals surface area contributed by atoms with Crippen LogP contribution in [0.5, 0.6) is 5.75 Å². The molecule has 1 fully saturated rings. The lowest BCUT2D eigenvalue weighted by Gasteiger charge is -2.38. The lowest BCUT2D eigenvalue weighted by molar-refractivity contribution is 0.163. The number of carbonyl (C=O) groups excluding carboxylic acids is 1. The number of halogens is 1. The molecule has 2 unspecified atom stereocenters. The number of nitrogens with zero attached hydrogens (tertiary/aromatic N) is 5. The summed E-state index contributed by atoms with van der Waals surface area (Å²) < 4.78 is 6.95. The smallest absolute Gasteiger partial charge is 0.319 e. The number of anilines is 1. The first-order chi connectivity index (χ1) is 15.5. The third-order valence-electron chi connectivity index (χ3n) is 5.50. The fourth-order valence-electron chi connectivity index (χ4n) is 3.89. The molecule has 10 heteroatoms. The molecule has 9 nitrogen and oxygen atoms in total. The lowest BCUT2D eigenvalue weighted by Crippen LogP contribution is -2.50. The molecule has 3 aromatic rings. The summed E-state index contributed by atoms with van der Waals surface area (Å²) >= 11 is 5.93. The molecule has 0 spiro atoms. The molecule has 1 saturated heterocycles. The van der Waals surface area contributed by atoms with Gasteiger partial charge >= 0.3 is 6.03 Å². The number of piperidine rings is 1. The fourth-order valence-corrected chi connectivity index (χ4v) is 4.02. The summed E-state index contributed by atoms with van der Waals surface area (Å²) in [7, 11) is 3.47. The highest BCUT2D eigenvalue weighted by Gasteiger charge is 2.33. The van der Waals surface area contributed by atoms with Crippen LogP contribution in [0, 0.1) is 0 Å². The number of likely N-dealkylation sites (tertiary alicyclic amines) is 1. The van der Waals surface area contributed by atoms with E-state index in [1.807, 2.05) is 19.2 Å². The first-order valence-corrected chi connectivity index (χ1v) is 10.8. The number of methoxy groups -OCH3 is 1. The van der Waals surface area contributed by atoms with Crippen LogP contribution in [-0.2, 0) is 13.6 Å². The number of carbonyl (C=O) groups is 1. The van der Waals surface area contributed by atoms with Gasteiger partial charge in [-0.1, -0.05) is 11.6 Å². The van der Waals surface area contributed by atoms with Crippen LogP contribution >= 0.6 is 11.6 Å². The van der Waals surface area contributed by atoms with Crippen molar-refractivity contribution >= 4 is 23.3 Å². The van der Waals surface area contributed by atoms with Gasteiger partial charge in [-0.2, -0.15) is 5.10 Å². The van der Waals surface area contributed by atoms with Crippen molar-refractivity contribution in [3.63, 3.8) is 0 Å². The Morgan fingerprint density at radius 1 is 1.22 bits per heavy atom. The van der Waals surface area contributed by atoms with Crippen LogP contribution in [0.2, 0.25) is 5.02 Å². The molecular formula is C22H26ClN7O2. The largest absolute Gasteiger partial charge is 0.495 e. The molecule has 168 valence electrons. The van der Waals surface area contributed by atoms with Crippen LogP contribution in [0.15, 0.2) is 48.9 Å². The molecule has 0 saturated carbocycles. The standard InChI is InChI=1S/C22H26ClN7O2/c1-29-14-25-21(28-29)13-30-10-9-20(18(12-30)19-8-7-17(32-2)11-24-19)27-22(31)26-16-5-3-15(23)4-6-16/h3-8,11,14,18,20H,9-10,12-13H2,1-2H3,(H2,26,27,31). The third kappa shape index (κ3) is 5.54. The van der Waals surface area contributed by atoms with Crippen molar-refractivity contribution in [2.45, 2.75) is 24.9 Å². The zero-order chi connectivity index (χ0) is 22.5. The highest BCUT2D eigenvalue weighted by Crippen LogP contribution is 2.28. The Morgan fingerprint density at radius 2 is 2.03 bits per heavy atom. The van der Waals surface area contributed by atoms with E-state index in [0.29, 0.717) is 23.0 Å². The van der Waals surface area contributed by atoms with Crippen LogP contribution < -0.4 is 15.4 Å². The van der Waals surface area contributed by atoms with E-state index in [4.69, 9.17) is 16.3 Å². The molecule has 3 heterocycles. The molecule has 0 aliphatic carbocycles. The van der Waals surface area contributed by atoms with Gasteiger partial charge in [0.25, 0.3) is 0 Å². The summed E-state index contributed by atoms with van der Waals surface area (Å²) in [5.74, 6) is 1.49. The van der Waals surface area contributed by atoms with Crippen molar-refractivity contribution in [1.82, 2.24) is 30.0 Å². The van der Waals surface area contributed by atoms with E-state index in [-0.39, 0.29) is 18.0 Å². The molecule has 2 atom stereocenters. The summed E-state index contributed by atoms with van der Waals surface area (Å²) in [6, 6.07) is 10.5. The molecule has 2 N–H and O–H groups in total. The number of hydrogen-bond acceptors (Lipinski definition) is 6. The average Bonchev–Trinajstić information content (AvgIpc) is 3.21. The number of benzene rings is 1. The summed E-state index contributed by atoms with van der Waals surface area (Å²) in [5.41, 5.74) is 1.59. The molecule has 4 rings (SSSR count). The second kappa shape index (κ2) is 9.97. The van der Waals surface area contributed by atoms with Crippen LogP contribution in [-0.4, -0.2) is 56.9 Å². The summed E-state index contributed by atoms with van der Waals surface area (Å²) in [6.07, 6.45) is 4.19. The third-order valence-corrected chi connectivity index (χ3v) is 5.75. The van der Waals surface area contributed by atoms with E-state index in [1.165, 1.54) is 0 Å². The van der Waals surface area contributed by atoms with E-state index in [2.05, 4.69) is 30.6 Å². The van der Waals surface area contributed by atoms with Crippen molar-refractivity contribution in [2.75, 3.05) is 25.5 Å². The Hall–Kier alpha value is -3.17. The van der Waals surface area contributed by atoms with Gasteiger partial charge in [-0.25, -0.2) is 9.78 Å². The fraction of sp³-hybridized carbons (Fsp3) is 0.364. The Labute approximate surface area is 191 Å². The van der Waals surface area contributed by atoms with E-state index in [9.17, 15) is 4.79 Å². The number of ether oxygens (including phenoxy) is 1. The molecule has 2 amide bonds. The molecule has 32 heavy (non-hydrogen) atoms. The molecule has 1 aliphatic rings. The normalized spacial score (nSPS) is 18.8. The first-order valence-electron chi connectivity index (χ1n) is 10.4. The second-order valence-corrected chi connectivity index (χ2v) is 8.24. The highest BCUT2D eigenvalue weighted by molar-refractivity contribution is 6.30. The van der Waals surface area contributed by atoms with Gasteiger partial charge < -0.3 is 15.4 Å². The summed E-state index contributed by atoms with van der Waals surface area (Å²) in [6.45, 7) is 2.19. The predicted octanol–water partition coefficient (Wildman–Crippen LogP) is 3.05. The van der Waals surface area contributed by atoms with E-state index in [1.54, 1.807) is 48.6 Å². The number of amides is 2. The second-order valence-electron chi connectivity index (χ2n) is 7.80. The lowest BCUT2D eigenvalue weighted by atomic mass is 9.88. The maximum atomic E-state index is 12.7. The molecule has 2 aromatic heterocycles. The van der Waals surface area contributed by atoms with E-state index < -0.39 is 0 Å². The van der Waals surface area contributed by atoms with Crippen molar-refractivity contribution in [1.29, 1.82) is 0 Å². The molecule has 0 bridgehead atoms. The monoisotopic (exact) mass is 455 g/mol. The number of nitrogens with one attached hydrogen (secondary N) is 2. The van der Waals surface area contributed by atoms with Gasteiger partial charge in [0.15, 0.2) is 5.82 Å². The minimum Gasteiger partial charge on any atom is -0.495 e. The molecule has 1 aromatic carbocycles. The van der Waals surface area contributed by atoms with Crippen LogP contribution in [0.3, 0.4) is 0 Å². The topological polar surface area (TPSA) is 97.2 Å². The van der Waals surface area contributed by atoms with Gasteiger partial charge in [0.1, 0.15) is 12.1 Å². The number of pyridine rings is 1. The Balaban J connectivity index is 1.47. The summed E-state index contributed by atoms with van der Waals surface area (Å²) in [4.78, 5) is 23.9. The Morgan fingerprint density at radius 3 is 2.69 bits per heavy atom. The van der Waals surface area contributed by atoms with Crippen molar-refractivity contribution in [3.05, 3.63) is 65.5 Å². The number of hydrogen-bond donors (Lipinski definition) is 2. The van der Waals surface area contributed by atoms with Crippen molar-refractivity contribution in [2.24, 2.45) is 7.05 Å². The molecule has 0 radical (unpaired) electrons. The molecular weight excluding hydrogens is 430 g/mol. The van der Waals surface area contributed by atoms with Gasteiger partial charge in [0.05, 0.1) is 19.9 Å². The number of rotatable bonds is 6. The Kier molecular flexibility index (Phi) is 6.87. The number of aryl methyl sites for hydroxylation is 1. The minimum absolute atomic E-state index is 0.00864. The van der Waals surface area contributed by atoms with Crippen LogP contribution in [0.1, 0.15) is 23.9 Å². The highest BCUT2D eigenvalue weighted by atomic mass is 35.5. The zero-order valence-electron chi connectivity index (χ0n) is 18.0. The predicted molar refractivity (Wildman–Crippen MR) is 122 cm³/mol. The summed E-state index contributed by atoms with van der Waals surface area (Å²) in [5, 5.41) is 11.0. The van der Waals surface area contributed by atoms with E-state index >= 15 is 0 Å². The quantitative estimate of drug-likeness (QED) is 0.593. The van der Waals surface area contributed by atoms with Crippen LogP contribution in [0.4, 0.5) is 10.5 Å². The van der Waals surface area contributed by atoms with Crippen molar-refractivity contribution in [3.8, 4) is 5.75 Å². The minimum atomic E-state index is -0.254. The van der Waals surface area contributed by atoms with Gasteiger partial charge in [0.2, 0.25) is 0 Å².